The number of ether oxygens (including phenoxy) is 1. The van der Waals surface area contributed by atoms with Crippen molar-refractivity contribution in [3.05, 3.63) is 28.3 Å². The van der Waals surface area contributed by atoms with Gasteiger partial charge in [-0.05, 0) is 29.5 Å². The van der Waals surface area contributed by atoms with Crippen LogP contribution in [-0.4, -0.2) is 12.9 Å². The molecule has 0 spiro atoms. The minimum Gasteiger partial charge on any atom is -0.495 e. The lowest BCUT2D eigenvalue weighted by atomic mass is 9.72. The second-order valence-electron chi connectivity index (χ2n) is 4.84. The summed E-state index contributed by atoms with van der Waals surface area (Å²) in [6.07, 6.45) is 1.48. The van der Waals surface area contributed by atoms with E-state index in [1.807, 2.05) is 6.07 Å². The van der Waals surface area contributed by atoms with Crippen LogP contribution in [0.15, 0.2) is 12.1 Å². The number of carbonyl (C=O) groups excluding carboxylic acids is 1. The van der Waals surface area contributed by atoms with Gasteiger partial charge in [-0.1, -0.05) is 25.4 Å². The molecule has 0 atom stereocenters. The number of halogens is 1. The van der Waals surface area contributed by atoms with Crippen molar-refractivity contribution in [3.8, 4) is 5.75 Å². The van der Waals surface area contributed by atoms with E-state index < -0.39 is 0 Å². The molecular weight excluding hydrogens is 224 g/mol. The van der Waals surface area contributed by atoms with Gasteiger partial charge in [0.25, 0.3) is 0 Å². The van der Waals surface area contributed by atoms with Crippen molar-refractivity contribution in [2.45, 2.75) is 32.1 Å². The fraction of sp³-hybridized carbons (Fsp3) is 0.462. The SMILES string of the molecule is COc1cc2c(cc1Cl)C(=O)CCC2(C)C. The quantitative estimate of drug-likeness (QED) is 0.747. The summed E-state index contributed by atoms with van der Waals surface area (Å²) in [6.45, 7) is 4.29. The standard InChI is InChI=1S/C13H15ClO2/c1-13(2)5-4-11(15)8-6-10(14)12(16-3)7-9(8)13/h6-7H,4-5H2,1-3H3. The van der Waals surface area contributed by atoms with E-state index in [-0.39, 0.29) is 11.2 Å². The molecule has 0 radical (unpaired) electrons. The molecule has 3 heteroatoms. The molecule has 16 heavy (non-hydrogen) atoms. The molecule has 0 aromatic heterocycles. The molecule has 1 aromatic carbocycles. The fourth-order valence-corrected chi connectivity index (χ4v) is 2.44. The number of rotatable bonds is 1. The first-order valence-corrected chi connectivity index (χ1v) is 5.75. The Kier molecular flexibility index (Phi) is 2.70. The molecule has 1 aliphatic carbocycles. The zero-order valence-electron chi connectivity index (χ0n) is 9.76. The van der Waals surface area contributed by atoms with Gasteiger partial charge in [-0.15, -0.1) is 0 Å². The number of carbonyl (C=O) groups is 1. The minimum atomic E-state index is 0.0150. The van der Waals surface area contributed by atoms with Crippen molar-refractivity contribution in [3.63, 3.8) is 0 Å². The summed E-state index contributed by atoms with van der Waals surface area (Å²) in [7, 11) is 1.59. The number of methoxy groups -OCH3 is 1. The highest BCUT2D eigenvalue weighted by atomic mass is 35.5. The number of hydrogen-bond acceptors (Lipinski definition) is 2. The van der Waals surface area contributed by atoms with Gasteiger partial charge in [-0.25, -0.2) is 0 Å². The Labute approximate surface area is 101 Å². The van der Waals surface area contributed by atoms with Crippen LogP contribution in [0, 0.1) is 0 Å². The summed E-state index contributed by atoms with van der Waals surface area (Å²) in [5.41, 5.74) is 1.81. The summed E-state index contributed by atoms with van der Waals surface area (Å²) in [5.74, 6) is 0.821. The van der Waals surface area contributed by atoms with Gasteiger partial charge >= 0.3 is 0 Å². The summed E-state index contributed by atoms with van der Waals surface area (Å²) in [6, 6.07) is 3.63. The minimum absolute atomic E-state index is 0.0150. The molecular formula is C13H15ClO2. The molecule has 0 aliphatic heterocycles. The number of fused-ring (bicyclic) bond motifs is 1. The Morgan fingerprint density at radius 2 is 2.06 bits per heavy atom. The summed E-state index contributed by atoms with van der Waals surface area (Å²) in [5, 5.41) is 0.507. The molecule has 86 valence electrons. The summed E-state index contributed by atoms with van der Waals surface area (Å²) < 4.78 is 5.20. The monoisotopic (exact) mass is 238 g/mol. The second-order valence-corrected chi connectivity index (χ2v) is 5.25. The van der Waals surface area contributed by atoms with Crippen LogP contribution in [0.2, 0.25) is 5.02 Å². The van der Waals surface area contributed by atoms with Gasteiger partial charge in [0.2, 0.25) is 0 Å². The molecule has 0 N–H and O–H groups in total. The lowest BCUT2D eigenvalue weighted by Crippen LogP contribution is -2.27. The van der Waals surface area contributed by atoms with E-state index in [1.165, 1.54) is 0 Å². The first-order chi connectivity index (χ1) is 7.45. The first kappa shape index (κ1) is 11.5. The Bertz CT molecular complexity index is 449. The number of ketones is 1. The number of Topliss-reactive ketones (excluding diaryl/α,β-unsaturated/α-hetero) is 1. The van der Waals surface area contributed by atoms with Crippen LogP contribution >= 0.6 is 11.6 Å². The van der Waals surface area contributed by atoms with Gasteiger partial charge in [0.15, 0.2) is 5.78 Å². The zero-order chi connectivity index (χ0) is 11.9. The van der Waals surface area contributed by atoms with Crippen molar-refractivity contribution >= 4 is 17.4 Å². The normalized spacial score (nSPS) is 18.1. The van der Waals surface area contributed by atoms with E-state index in [1.54, 1.807) is 13.2 Å². The first-order valence-electron chi connectivity index (χ1n) is 5.37. The van der Waals surface area contributed by atoms with E-state index in [2.05, 4.69) is 13.8 Å². The predicted molar refractivity (Wildman–Crippen MR) is 64.6 cm³/mol. The number of hydrogen-bond donors (Lipinski definition) is 0. The largest absolute Gasteiger partial charge is 0.495 e. The van der Waals surface area contributed by atoms with Crippen LogP contribution in [0.3, 0.4) is 0 Å². The maximum absolute atomic E-state index is 11.8. The van der Waals surface area contributed by atoms with Crippen molar-refractivity contribution in [2.75, 3.05) is 7.11 Å². The Hall–Kier alpha value is -1.02. The third-order valence-electron chi connectivity index (χ3n) is 3.30. The maximum Gasteiger partial charge on any atom is 0.163 e. The van der Waals surface area contributed by atoms with E-state index in [4.69, 9.17) is 16.3 Å². The zero-order valence-corrected chi connectivity index (χ0v) is 10.5. The lowest BCUT2D eigenvalue weighted by molar-refractivity contribution is 0.0956. The van der Waals surface area contributed by atoms with Crippen LogP contribution in [0.25, 0.3) is 0 Å². The van der Waals surface area contributed by atoms with Gasteiger partial charge < -0.3 is 4.74 Å². The molecule has 0 bridgehead atoms. The maximum atomic E-state index is 11.8. The molecule has 0 unspecified atom stereocenters. The van der Waals surface area contributed by atoms with Gasteiger partial charge in [-0.2, -0.15) is 0 Å². The van der Waals surface area contributed by atoms with Crippen LogP contribution in [0.5, 0.6) is 5.75 Å². The molecule has 1 aromatic rings. The van der Waals surface area contributed by atoms with Crippen molar-refractivity contribution in [2.24, 2.45) is 0 Å². The van der Waals surface area contributed by atoms with Crippen molar-refractivity contribution in [1.29, 1.82) is 0 Å². The highest BCUT2D eigenvalue weighted by molar-refractivity contribution is 6.32. The van der Waals surface area contributed by atoms with Gasteiger partial charge in [0.1, 0.15) is 5.75 Å². The molecule has 0 fully saturated rings. The molecule has 0 saturated heterocycles. The second kappa shape index (κ2) is 3.77. The van der Waals surface area contributed by atoms with Crippen LogP contribution in [0.1, 0.15) is 42.6 Å². The summed E-state index contributed by atoms with van der Waals surface area (Å²) in [4.78, 5) is 11.8. The molecule has 2 rings (SSSR count). The highest BCUT2D eigenvalue weighted by Crippen LogP contribution is 2.41. The molecule has 0 amide bonds. The van der Waals surface area contributed by atoms with Crippen molar-refractivity contribution in [1.82, 2.24) is 0 Å². The lowest BCUT2D eigenvalue weighted by Gasteiger charge is -2.32. The molecule has 0 heterocycles. The Morgan fingerprint density at radius 1 is 1.38 bits per heavy atom. The van der Waals surface area contributed by atoms with E-state index in [0.717, 1.165) is 17.5 Å². The average molecular weight is 239 g/mol. The Morgan fingerprint density at radius 3 is 2.69 bits per heavy atom. The number of benzene rings is 1. The smallest absolute Gasteiger partial charge is 0.163 e. The van der Waals surface area contributed by atoms with E-state index in [9.17, 15) is 4.79 Å². The van der Waals surface area contributed by atoms with Gasteiger partial charge in [0, 0.05) is 12.0 Å². The van der Waals surface area contributed by atoms with Crippen LogP contribution in [0.4, 0.5) is 0 Å². The highest BCUT2D eigenvalue weighted by Gasteiger charge is 2.32. The fourth-order valence-electron chi connectivity index (χ4n) is 2.20. The van der Waals surface area contributed by atoms with Gasteiger partial charge in [-0.3, -0.25) is 4.79 Å². The van der Waals surface area contributed by atoms with Crippen molar-refractivity contribution < 1.29 is 9.53 Å². The molecule has 2 nitrogen and oxygen atoms in total. The Balaban J connectivity index is 2.66. The summed E-state index contributed by atoms with van der Waals surface area (Å²) >= 11 is 6.04. The third-order valence-corrected chi connectivity index (χ3v) is 3.59. The average Bonchev–Trinajstić information content (AvgIpc) is 2.23. The molecule has 0 saturated carbocycles. The third kappa shape index (κ3) is 1.71. The topological polar surface area (TPSA) is 26.3 Å². The van der Waals surface area contributed by atoms with E-state index in [0.29, 0.717) is 17.2 Å². The van der Waals surface area contributed by atoms with E-state index >= 15 is 0 Å². The molecule has 1 aliphatic rings. The predicted octanol–water partition coefficient (Wildman–Crippen LogP) is 3.60. The van der Waals surface area contributed by atoms with Crippen LogP contribution in [-0.2, 0) is 5.41 Å². The van der Waals surface area contributed by atoms with Crippen LogP contribution < -0.4 is 4.74 Å². The van der Waals surface area contributed by atoms with Gasteiger partial charge in [0.05, 0.1) is 12.1 Å².